The number of carbonyl (C=O) groups is 1. The molecule has 0 aromatic heterocycles. The Morgan fingerprint density at radius 1 is 1.47 bits per heavy atom. The Bertz CT molecular complexity index is 240. The number of rotatable bonds is 6. The summed E-state index contributed by atoms with van der Waals surface area (Å²) >= 11 is 0. The van der Waals surface area contributed by atoms with Crippen molar-refractivity contribution in [3.8, 4) is 0 Å². The van der Waals surface area contributed by atoms with Gasteiger partial charge in [0.05, 0.1) is 12.6 Å². The second-order valence-electron chi connectivity index (χ2n) is 5.10. The van der Waals surface area contributed by atoms with E-state index in [1.165, 1.54) is 12.8 Å². The number of hydrogen-bond acceptors (Lipinski definition) is 3. The van der Waals surface area contributed by atoms with Gasteiger partial charge in [-0.05, 0) is 18.8 Å². The van der Waals surface area contributed by atoms with Crippen molar-refractivity contribution in [3.05, 3.63) is 0 Å². The third kappa shape index (κ3) is 3.68. The summed E-state index contributed by atoms with van der Waals surface area (Å²) in [4.78, 5) is 14.1. The number of hydrogen-bond donors (Lipinski definition) is 2. The van der Waals surface area contributed by atoms with Crippen molar-refractivity contribution in [3.63, 3.8) is 0 Å². The minimum Gasteiger partial charge on any atom is -0.395 e. The van der Waals surface area contributed by atoms with Crippen LogP contribution in [0.25, 0.3) is 0 Å². The van der Waals surface area contributed by atoms with Crippen LogP contribution in [0.3, 0.4) is 0 Å². The number of nitrogens with zero attached hydrogens (tertiary/aromatic N) is 1. The molecule has 1 aliphatic rings. The average molecular weight is 242 g/mol. The third-order valence-corrected chi connectivity index (χ3v) is 3.93. The number of aliphatic hydroxyl groups is 1. The van der Waals surface area contributed by atoms with Crippen LogP contribution in [-0.2, 0) is 4.79 Å². The van der Waals surface area contributed by atoms with Crippen molar-refractivity contribution in [1.29, 1.82) is 0 Å². The Balaban J connectivity index is 2.65. The molecule has 1 saturated carbocycles. The van der Waals surface area contributed by atoms with Gasteiger partial charge in [0, 0.05) is 12.6 Å². The highest BCUT2D eigenvalue weighted by molar-refractivity contribution is 5.82. The van der Waals surface area contributed by atoms with Gasteiger partial charge in [0.2, 0.25) is 5.91 Å². The van der Waals surface area contributed by atoms with E-state index in [0.717, 1.165) is 19.3 Å². The zero-order valence-corrected chi connectivity index (χ0v) is 11.1. The zero-order valence-electron chi connectivity index (χ0n) is 11.1. The van der Waals surface area contributed by atoms with E-state index < -0.39 is 6.04 Å². The Morgan fingerprint density at radius 2 is 2.06 bits per heavy atom. The lowest BCUT2D eigenvalue weighted by molar-refractivity contribution is -0.136. The molecule has 0 saturated heterocycles. The van der Waals surface area contributed by atoms with E-state index >= 15 is 0 Å². The Hall–Kier alpha value is -0.610. The summed E-state index contributed by atoms with van der Waals surface area (Å²) in [5, 5.41) is 9.09. The van der Waals surface area contributed by atoms with Gasteiger partial charge in [0.15, 0.2) is 0 Å². The first-order valence-corrected chi connectivity index (χ1v) is 6.78. The molecule has 4 heteroatoms. The fourth-order valence-electron chi connectivity index (χ4n) is 2.49. The number of amides is 1. The van der Waals surface area contributed by atoms with Crippen molar-refractivity contribution in [1.82, 2.24) is 4.90 Å². The van der Waals surface area contributed by atoms with Crippen LogP contribution in [0.2, 0.25) is 0 Å². The van der Waals surface area contributed by atoms with Crippen LogP contribution in [0.4, 0.5) is 0 Å². The smallest absolute Gasteiger partial charge is 0.240 e. The van der Waals surface area contributed by atoms with Gasteiger partial charge in [-0.25, -0.2) is 0 Å². The van der Waals surface area contributed by atoms with Crippen LogP contribution in [-0.4, -0.2) is 41.1 Å². The molecule has 1 amide bonds. The molecular formula is C13H26N2O2. The molecule has 0 aliphatic heterocycles. The van der Waals surface area contributed by atoms with Crippen molar-refractivity contribution < 1.29 is 9.90 Å². The van der Waals surface area contributed by atoms with Gasteiger partial charge < -0.3 is 15.7 Å². The second kappa shape index (κ2) is 6.97. The van der Waals surface area contributed by atoms with Gasteiger partial charge in [0.1, 0.15) is 0 Å². The summed E-state index contributed by atoms with van der Waals surface area (Å²) in [5.74, 6) is 0.213. The largest absolute Gasteiger partial charge is 0.395 e. The molecule has 0 radical (unpaired) electrons. The predicted octanol–water partition coefficient (Wildman–Crippen LogP) is 1.12. The van der Waals surface area contributed by atoms with E-state index in [-0.39, 0.29) is 18.4 Å². The Kier molecular flexibility index (Phi) is 5.92. The van der Waals surface area contributed by atoms with Gasteiger partial charge in [-0.1, -0.05) is 33.1 Å². The maximum absolute atomic E-state index is 12.3. The van der Waals surface area contributed by atoms with E-state index in [2.05, 4.69) is 0 Å². The maximum Gasteiger partial charge on any atom is 0.240 e. The predicted molar refractivity (Wildman–Crippen MR) is 68.5 cm³/mol. The van der Waals surface area contributed by atoms with Crippen molar-refractivity contribution in [2.45, 2.75) is 58.0 Å². The molecule has 0 spiro atoms. The van der Waals surface area contributed by atoms with E-state index in [9.17, 15) is 4.79 Å². The van der Waals surface area contributed by atoms with Gasteiger partial charge in [0.25, 0.3) is 0 Å². The number of aliphatic hydroxyl groups excluding tert-OH is 1. The molecule has 17 heavy (non-hydrogen) atoms. The molecule has 1 unspecified atom stereocenters. The highest BCUT2D eigenvalue weighted by Crippen LogP contribution is 2.24. The van der Waals surface area contributed by atoms with Crippen molar-refractivity contribution >= 4 is 5.91 Å². The van der Waals surface area contributed by atoms with Gasteiger partial charge in [-0.2, -0.15) is 0 Å². The van der Waals surface area contributed by atoms with Gasteiger partial charge in [-0.3, -0.25) is 4.79 Å². The molecule has 4 nitrogen and oxygen atoms in total. The summed E-state index contributed by atoms with van der Waals surface area (Å²) in [5.41, 5.74) is 6.00. The summed E-state index contributed by atoms with van der Waals surface area (Å²) in [6.07, 6.45) is 5.37. The fraction of sp³-hybridized carbons (Fsp3) is 0.923. The van der Waals surface area contributed by atoms with Crippen molar-refractivity contribution in [2.24, 2.45) is 11.7 Å². The highest BCUT2D eigenvalue weighted by Gasteiger charge is 2.31. The van der Waals surface area contributed by atoms with E-state index in [1.54, 1.807) is 0 Å². The van der Waals surface area contributed by atoms with E-state index in [4.69, 9.17) is 10.8 Å². The number of nitrogens with two attached hydrogens (primary N) is 1. The first kappa shape index (κ1) is 14.5. The lowest BCUT2D eigenvalue weighted by Gasteiger charge is -2.32. The summed E-state index contributed by atoms with van der Waals surface area (Å²) < 4.78 is 0. The lowest BCUT2D eigenvalue weighted by atomic mass is 9.98. The summed E-state index contributed by atoms with van der Waals surface area (Å²) in [6.45, 7) is 4.50. The van der Waals surface area contributed by atoms with Crippen LogP contribution >= 0.6 is 0 Å². The quantitative estimate of drug-likeness (QED) is 0.733. The standard InChI is InChI=1S/C13H26N2O2/c1-3-10(2)12(14)13(17)15(8-9-16)11-6-4-5-7-11/h10-12,16H,3-9,14H2,1-2H3/t10?,12-/m0/s1. The zero-order chi connectivity index (χ0) is 12.8. The van der Waals surface area contributed by atoms with E-state index in [0.29, 0.717) is 12.6 Å². The fourth-order valence-corrected chi connectivity index (χ4v) is 2.49. The summed E-state index contributed by atoms with van der Waals surface area (Å²) in [7, 11) is 0. The highest BCUT2D eigenvalue weighted by atomic mass is 16.3. The Labute approximate surface area is 104 Å². The SMILES string of the molecule is CCC(C)[C@H](N)C(=O)N(CCO)C1CCCC1. The lowest BCUT2D eigenvalue weighted by Crippen LogP contribution is -2.51. The van der Waals surface area contributed by atoms with Crippen LogP contribution in [0.1, 0.15) is 46.0 Å². The van der Waals surface area contributed by atoms with Crippen LogP contribution in [0.15, 0.2) is 0 Å². The van der Waals surface area contributed by atoms with Gasteiger partial charge in [-0.15, -0.1) is 0 Å². The molecule has 100 valence electrons. The van der Waals surface area contributed by atoms with Gasteiger partial charge >= 0.3 is 0 Å². The third-order valence-electron chi connectivity index (χ3n) is 3.93. The molecule has 1 aliphatic carbocycles. The molecule has 1 fully saturated rings. The molecule has 0 aromatic rings. The van der Waals surface area contributed by atoms with E-state index in [1.807, 2.05) is 18.7 Å². The molecule has 0 bridgehead atoms. The molecule has 2 atom stereocenters. The molecular weight excluding hydrogens is 216 g/mol. The minimum absolute atomic E-state index is 0.0142. The second-order valence-corrected chi connectivity index (χ2v) is 5.10. The van der Waals surface area contributed by atoms with Crippen molar-refractivity contribution in [2.75, 3.05) is 13.2 Å². The monoisotopic (exact) mass is 242 g/mol. The first-order valence-electron chi connectivity index (χ1n) is 6.78. The van der Waals surface area contributed by atoms with Crippen LogP contribution in [0.5, 0.6) is 0 Å². The summed E-state index contributed by atoms with van der Waals surface area (Å²) in [6, 6.07) is -0.128. The van der Waals surface area contributed by atoms with Crippen LogP contribution in [0, 0.1) is 5.92 Å². The Morgan fingerprint density at radius 3 is 2.53 bits per heavy atom. The topological polar surface area (TPSA) is 66.6 Å². The number of carbonyl (C=O) groups excluding carboxylic acids is 1. The molecule has 0 heterocycles. The molecule has 0 aromatic carbocycles. The molecule has 3 N–H and O–H groups in total. The average Bonchev–Trinajstić information content (AvgIpc) is 2.86. The normalized spacial score (nSPS) is 20.2. The van der Waals surface area contributed by atoms with Crippen LogP contribution < -0.4 is 5.73 Å². The first-order chi connectivity index (χ1) is 8.11. The molecule has 1 rings (SSSR count). The minimum atomic E-state index is -0.424. The maximum atomic E-state index is 12.3.